The van der Waals surface area contributed by atoms with E-state index < -0.39 is 13.7 Å². The molecule has 3 rings (SSSR count). The summed E-state index contributed by atoms with van der Waals surface area (Å²) in [5, 5.41) is 4.91. The fraction of sp³-hybridized carbons (Fsp3) is 0.619. The summed E-state index contributed by atoms with van der Waals surface area (Å²) >= 11 is 0. The molecule has 0 radical (unpaired) electrons. The predicted molar refractivity (Wildman–Crippen MR) is 114 cm³/mol. The molecule has 0 aromatic heterocycles. The van der Waals surface area contributed by atoms with Crippen molar-refractivity contribution in [3.63, 3.8) is 0 Å². The van der Waals surface area contributed by atoms with Gasteiger partial charge in [0.25, 0.3) is 0 Å². The monoisotopic (exact) mass is 387 g/mol. The molecule has 1 aromatic rings. The van der Waals surface area contributed by atoms with Gasteiger partial charge in [0.1, 0.15) is 11.4 Å². The van der Waals surface area contributed by atoms with Crippen LogP contribution >= 0.6 is 0 Å². The van der Waals surface area contributed by atoms with Crippen LogP contribution in [0, 0.1) is 0 Å². The van der Waals surface area contributed by atoms with Crippen LogP contribution in [0.4, 0.5) is 4.79 Å². The van der Waals surface area contributed by atoms with Crippen LogP contribution in [0.2, 0.25) is 19.6 Å². The smallest absolute Gasteiger partial charge is 0.410 e. The van der Waals surface area contributed by atoms with Crippen LogP contribution in [0.15, 0.2) is 29.3 Å². The molecule has 2 aliphatic heterocycles. The minimum atomic E-state index is -1.28. The number of benzene rings is 1. The second-order valence-corrected chi connectivity index (χ2v) is 14.7. The van der Waals surface area contributed by atoms with Gasteiger partial charge in [0.05, 0.1) is 20.2 Å². The van der Waals surface area contributed by atoms with Gasteiger partial charge < -0.3 is 10.1 Å². The average Bonchev–Trinajstić information content (AvgIpc) is 3.21. The zero-order chi connectivity index (χ0) is 19.8. The molecule has 2 heterocycles. The van der Waals surface area contributed by atoms with E-state index >= 15 is 0 Å². The number of carbonyl (C=O) groups excluding carboxylic acids is 1. The number of hydrogen-bond donors (Lipinski definition) is 1. The lowest BCUT2D eigenvalue weighted by Crippen LogP contribution is -2.46. The first-order valence-corrected chi connectivity index (χ1v) is 13.5. The molecule has 6 heteroatoms. The van der Waals surface area contributed by atoms with Gasteiger partial charge in [-0.3, -0.25) is 9.89 Å². The van der Waals surface area contributed by atoms with Crippen LogP contribution in [-0.2, 0) is 4.74 Å². The topological polar surface area (TPSA) is 53.9 Å². The molecule has 1 unspecified atom stereocenters. The summed E-state index contributed by atoms with van der Waals surface area (Å²) in [6.07, 6.45) is 1.68. The van der Waals surface area contributed by atoms with E-state index in [0.717, 1.165) is 31.8 Å². The molecule has 148 valence electrons. The number of nitrogens with zero attached hydrogens (tertiary/aromatic N) is 2. The van der Waals surface area contributed by atoms with E-state index in [4.69, 9.17) is 9.73 Å². The van der Waals surface area contributed by atoms with Crippen molar-refractivity contribution in [2.24, 2.45) is 4.99 Å². The molecule has 1 amide bonds. The SMILES string of the molecule is CC(C)(C)OC(=O)N1CCC[C@H]1C1=NC(c2ccc([Si](C)(C)C)cc2)CN1. The Hall–Kier alpha value is -1.82. The molecular weight excluding hydrogens is 354 g/mol. The van der Waals surface area contributed by atoms with Crippen molar-refractivity contribution >= 4 is 25.2 Å². The van der Waals surface area contributed by atoms with Crippen LogP contribution in [0.3, 0.4) is 0 Å². The molecule has 2 atom stereocenters. The summed E-state index contributed by atoms with van der Waals surface area (Å²) in [6, 6.07) is 9.08. The Morgan fingerprint density at radius 3 is 2.48 bits per heavy atom. The summed E-state index contributed by atoms with van der Waals surface area (Å²) in [6.45, 7) is 14.3. The minimum absolute atomic E-state index is 0.00565. The zero-order valence-electron chi connectivity index (χ0n) is 17.5. The molecule has 0 bridgehead atoms. The van der Waals surface area contributed by atoms with Crippen LogP contribution in [0.25, 0.3) is 0 Å². The lowest BCUT2D eigenvalue weighted by atomic mass is 10.1. The number of ether oxygens (including phenoxy) is 1. The van der Waals surface area contributed by atoms with Crippen molar-refractivity contribution < 1.29 is 9.53 Å². The van der Waals surface area contributed by atoms with Gasteiger partial charge in [0, 0.05) is 13.1 Å². The first-order valence-electron chi connectivity index (χ1n) is 9.96. The Bertz CT molecular complexity index is 716. The zero-order valence-corrected chi connectivity index (χ0v) is 18.5. The lowest BCUT2D eigenvalue weighted by Gasteiger charge is -2.28. The third-order valence-corrected chi connectivity index (χ3v) is 7.19. The quantitative estimate of drug-likeness (QED) is 0.805. The fourth-order valence-electron chi connectivity index (χ4n) is 3.65. The van der Waals surface area contributed by atoms with Crippen molar-refractivity contribution in [3.05, 3.63) is 29.8 Å². The van der Waals surface area contributed by atoms with Crippen molar-refractivity contribution in [2.75, 3.05) is 13.1 Å². The number of likely N-dealkylation sites (tertiary alicyclic amines) is 1. The van der Waals surface area contributed by atoms with Gasteiger partial charge in [-0.1, -0.05) is 49.1 Å². The van der Waals surface area contributed by atoms with Crippen LogP contribution in [-0.4, -0.2) is 49.6 Å². The highest BCUT2D eigenvalue weighted by Crippen LogP contribution is 2.26. The number of nitrogens with one attached hydrogen (secondary N) is 1. The van der Waals surface area contributed by atoms with E-state index in [2.05, 4.69) is 49.2 Å². The van der Waals surface area contributed by atoms with E-state index in [1.165, 1.54) is 10.8 Å². The molecule has 0 spiro atoms. The maximum Gasteiger partial charge on any atom is 0.410 e. The lowest BCUT2D eigenvalue weighted by molar-refractivity contribution is 0.0264. The Morgan fingerprint density at radius 1 is 1.22 bits per heavy atom. The second-order valence-electron chi connectivity index (χ2n) is 9.61. The van der Waals surface area contributed by atoms with Crippen LogP contribution < -0.4 is 10.5 Å². The highest BCUT2D eigenvalue weighted by molar-refractivity contribution is 6.88. The minimum Gasteiger partial charge on any atom is -0.444 e. The van der Waals surface area contributed by atoms with Gasteiger partial charge in [0.2, 0.25) is 0 Å². The fourth-order valence-corrected chi connectivity index (χ4v) is 4.82. The van der Waals surface area contributed by atoms with E-state index in [1.807, 2.05) is 25.7 Å². The van der Waals surface area contributed by atoms with Crippen molar-refractivity contribution in [2.45, 2.75) is 70.9 Å². The van der Waals surface area contributed by atoms with Crippen molar-refractivity contribution in [1.82, 2.24) is 10.2 Å². The summed E-state index contributed by atoms with van der Waals surface area (Å²) in [4.78, 5) is 19.3. The van der Waals surface area contributed by atoms with Gasteiger partial charge in [-0.15, -0.1) is 0 Å². The van der Waals surface area contributed by atoms with Gasteiger partial charge in [-0.2, -0.15) is 0 Å². The second kappa shape index (κ2) is 7.30. The number of hydrogen-bond acceptors (Lipinski definition) is 4. The van der Waals surface area contributed by atoms with E-state index in [9.17, 15) is 4.79 Å². The number of rotatable bonds is 3. The number of amides is 1. The normalized spacial score (nSPS) is 23.2. The molecule has 1 aromatic carbocycles. The maximum absolute atomic E-state index is 12.5. The Labute approximate surface area is 164 Å². The van der Waals surface area contributed by atoms with Crippen molar-refractivity contribution in [3.8, 4) is 0 Å². The Kier molecular flexibility index (Phi) is 5.39. The summed E-state index contributed by atoms with van der Waals surface area (Å²) in [5.41, 5.74) is 0.761. The van der Waals surface area contributed by atoms with Crippen molar-refractivity contribution in [1.29, 1.82) is 0 Å². The molecule has 2 aliphatic rings. The first-order chi connectivity index (χ1) is 12.5. The highest BCUT2D eigenvalue weighted by Gasteiger charge is 2.37. The molecular formula is C21H33N3O2Si. The molecule has 1 saturated heterocycles. The standard InChI is InChI=1S/C21H33N3O2Si/c1-21(2,3)26-20(25)24-13-7-8-18(24)19-22-14-17(23-19)15-9-11-16(12-10-15)27(4,5)6/h9-12,17-18H,7-8,13-14H2,1-6H3,(H,22,23)/t17?,18-/m0/s1. The van der Waals surface area contributed by atoms with Gasteiger partial charge in [-0.05, 0) is 39.2 Å². The predicted octanol–water partition coefficient (Wildman–Crippen LogP) is 3.67. The van der Waals surface area contributed by atoms with E-state index in [-0.39, 0.29) is 18.2 Å². The molecule has 1 N–H and O–H groups in total. The number of aliphatic imine (C=N–C) groups is 1. The van der Waals surface area contributed by atoms with Gasteiger partial charge >= 0.3 is 6.09 Å². The summed E-state index contributed by atoms with van der Waals surface area (Å²) in [7, 11) is -1.28. The average molecular weight is 388 g/mol. The number of carbonyl (C=O) groups is 1. The van der Waals surface area contributed by atoms with Crippen LogP contribution in [0.1, 0.15) is 45.2 Å². The third kappa shape index (κ3) is 4.72. The number of amidine groups is 1. The molecule has 5 nitrogen and oxygen atoms in total. The largest absolute Gasteiger partial charge is 0.444 e. The summed E-state index contributed by atoms with van der Waals surface area (Å²) in [5.74, 6) is 0.928. The van der Waals surface area contributed by atoms with E-state index in [1.54, 1.807) is 0 Å². The summed E-state index contributed by atoms with van der Waals surface area (Å²) < 4.78 is 5.58. The Balaban J connectivity index is 1.72. The van der Waals surface area contributed by atoms with Gasteiger partial charge in [0.15, 0.2) is 0 Å². The van der Waals surface area contributed by atoms with Crippen LogP contribution in [0.5, 0.6) is 0 Å². The molecule has 1 fully saturated rings. The highest BCUT2D eigenvalue weighted by atomic mass is 28.3. The first kappa shape index (κ1) is 19.9. The molecule has 0 saturated carbocycles. The maximum atomic E-state index is 12.5. The van der Waals surface area contributed by atoms with Gasteiger partial charge in [-0.25, -0.2) is 4.79 Å². The molecule has 27 heavy (non-hydrogen) atoms. The van der Waals surface area contributed by atoms with E-state index in [0.29, 0.717) is 0 Å². The Morgan fingerprint density at radius 2 is 1.89 bits per heavy atom. The third-order valence-electron chi connectivity index (χ3n) is 5.13. The molecule has 0 aliphatic carbocycles.